The van der Waals surface area contributed by atoms with E-state index >= 15 is 0 Å². The molecule has 1 saturated carbocycles. The van der Waals surface area contributed by atoms with Crippen LogP contribution in [0.1, 0.15) is 25.0 Å². The third-order valence-electron chi connectivity index (χ3n) is 2.66. The Labute approximate surface area is 73.3 Å². The first kappa shape index (κ1) is 8.10. The number of hydrogen-bond acceptors (Lipinski definition) is 3. The number of hydrogen-bond donors (Lipinski definition) is 2. The van der Waals surface area contributed by atoms with Gasteiger partial charge in [-0.3, -0.25) is 4.79 Å². The van der Waals surface area contributed by atoms with Gasteiger partial charge in [0.1, 0.15) is 5.41 Å². The van der Waals surface area contributed by atoms with Crippen molar-refractivity contribution in [2.24, 2.45) is 0 Å². The van der Waals surface area contributed by atoms with Crippen LogP contribution >= 0.6 is 0 Å². The largest absolute Gasteiger partial charge is 0.481 e. The molecule has 1 aromatic rings. The number of aromatic amines is 1. The van der Waals surface area contributed by atoms with Crippen molar-refractivity contribution < 1.29 is 14.4 Å². The topological polar surface area (TPSA) is 83.3 Å². The first-order valence-corrected chi connectivity index (χ1v) is 4.07. The number of carboxylic acids is 1. The molecule has 0 aliphatic heterocycles. The van der Waals surface area contributed by atoms with Gasteiger partial charge in [0.05, 0.1) is 5.69 Å². The third-order valence-corrected chi connectivity index (χ3v) is 2.66. The fourth-order valence-corrected chi connectivity index (χ4v) is 1.65. The maximum absolute atomic E-state index is 10.9. The molecule has 0 saturated heterocycles. The van der Waals surface area contributed by atoms with Crippen LogP contribution in [0.25, 0.3) is 0 Å². The summed E-state index contributed by atoms with van der Waals surface area (Å²) in [5, 5.41) is 11.3. The lowest BCUT2D eigenvalue weighted by molar-refractivity contribution is -0.147. The lowest BCUT2D eigenvalue weighted by Gasteiger charge is -2.35. The van der Waals surface area contributed by atoms with Crippen LogP contribution in [0.2, 0.25) is 0 Å². The van der Waals surface area contributed by atoms with E-state index in [0.29, 0.717) is 18.5 Å². The van der Waals surface area contributed by atoms with Crippen molar-refractivity contribution in [1.29, 1.82) is 0 Å². The van der Waals surface area contributed by atoms with Gasteiger partial charge in [-0.05, 0) is 12.8 Å². The molecule has 13 heavy (non-hydrogen) atoms. The van der Waals surface area contributed by atoms with Crippen LogP contribution in [0.15, 0.2) is 15.4 Å². The van der Waals surface area contributed by atoms with E-state index in [9.17, 15) is 9.59 Å². The van der Waals surface area contributed by atoms with Gasteiger partial charge < -0.3 is 9.63 Å². The molecule has 70 valence electrons. The van der Waals surface area contributed by atoms with Crippen molar-refractivity contribution in [2.45, 2.75) is 24.7 Å². The highest BCUT2D eigenvalue weighted by molar-refractivity contribution is 5.81. The van der Waals surface area contributed by atoms with E-state index in [1.54, 1.807) is 0 Å². The number of nitrogens with one attached hydrogen (secondary N) is 1. The Kier molecular flexibility index (Phi) is 1.55. The van der Waals surface area contributed by atoms with Gasteiger partial charge in [0.25, 0.3) is 0 Å². The van der Waals surface area contributed by atoms with Gasteiger partial charge in [0.15, 0.2) is 0 Å². The van der Waals surface area contributed by atoms with Gasteiger partial charge in [-0.2, -0.15) is 0 Å². The summed E-state index contributed by atoms with van der Waals surface area (Å²) in [6.07, 6.45) is 2.01. The highest BCUT2D eigenvalue weighted by atomic mass is 16.5. The molecular weight excluding hydrogens is 174 g/mol. The quantitative estimate of drug-likeness (QED) is 0.698. The van der Waals surface area contributed by atoms with E-state index in [-0.39, 0.29) is 0 Å². The van der Waals surface area contributed by atoms with Crippen molar-refractivity contribution in [3.8, 4) is 0 Å². The molecular formula is C8H9NO4. The first-order chi connectivity index (χ1) is 6.15. The number of aliphatic carboxylic acids is 1. The van der Waals surface area contributed by atoms with Crippen LogP contribution in [-0.2, 0) is 10.2 Å². The molecule has 0 radical (unpaired) electrons. The highest BCUT2D eigenvalue weighted by Gasteiger charge is 2.47. The van der Waals surface area contributed by atoms with Crippen LogP contribution < -0.4 is 5.63 Å². The molecule has 1 fully saturated rings. The van der Waals surface area contributed by atoms with Crippen LogP contribution in [0.4, 0.5) is 0 Å². The zero-order valence-corrected chi connectivity index (χ0v) is 6.87. The molecule has 0 spiro atoms. The van der Waals surface area contributed by atoms with Gasteiger partial charge in [-0.25, -0.2) is 9.95 Å². The molecule has 0 aromatic carbocycles. The van der Waals surface area contributed by atoms with E-state index in [2.05, 4.69) is 9.68 Å². The Morgan fingerprint density at radius 2 is 2.31 bits per heavy atom. The van der Waals surface area contributed by atoms with E-state index in [0.717, 1.165) is 6.42 Å². The number of carboxylic acid groups (broad SMARTS) is 1. The fraction of sp³-hybridized carbons (Fsp3) is 0.500. The Hall–Kier alpha value is -1.52. The number of H-pyrrole nitrogens is 1. The average Bonchev–Trinajstić information content (AvgIpc) is 2.32. The smallest absolute Gasteiger partial charge is 0.357 e. The SMILES string of the molecule is O=C(O)C1(c2cc(=O)o[nH]2)CCC1. The summed E-state index contributed by atoms with van der Waals surface area (Å²) in [5.74, 6) is -0.893. The van der Waals surface area contributed by atoms with Gasteiger partial charge in [-0.15, -0.1) is 0 Å². The Morgan fingerprint density at radius 1 is 1.62 bits per heavy atom. The second-order valence-electron chi connectivity index (χ2n) is 3.32. The molecule has 1 aromatic heterocycles. The third kappa shape index (κ3) is 0.998. The van der Waals surface area contributed by atoms with Crippen molar-refractivity contribution in [2.75, 3.05) is 0 Å². The summed E-state index contributed by atoms with van der Waals surface area (Å²) in [7, 11) is 0. The Bertz CT molecular complexity index is 385. The van der Waals surface area contributed by atoms with Crippen molar-refractivity contribution >= 4 is 5.97 Å². The molecule has 5 nitrogen and oxygen atoms in total. The van der Waals surface area contributed by atoms with Crippen molar-refractivity contribution in [3.63, 3.8) is 0 Å². The second kappa shape index (κ2) is 2.48. The predicted molar refractivity (Wildman–Crippen MR) is 42.5 cm³/mol. The molecule has 5 heteroatoms. The molecule has 0 atom stereocenters. The van der Waals surface area contributed by atoms with E-state index in [4.69, 9.17) is 5.11 Å². The van der Waals surface area contributed by atoms with Crippen molar-refractivity contribution in [1.82, 2.24) is 5.16 Å². The van der Waals surface area contributed by atoms with E-state index in [1.807, 2.05) is 0 Å². The lowest BCUT2D eigenvalue weighted by atomic mass is 9.67. The second-order valence-corrected chi connectivity index (χ2v) is 3.32. The minimum atomic E-state index is -0.897. The number of rotatable bonds is 2. The normalized spacial score (nSPS) is 19.4. The molecule has 1 aliphatic rings. The Morgan fingerprint density at radius 3 is 2.62 bits per heavy atom. The van der Waals surface area contributed by atoms with Crippen LogP contribution in [0.5, 0.6) is 0 Å². The average molecular weight is 183 g/mol. The predicted octanol–water partition coefficient (Wildman–Crippen LogP) is 0.474. The maximum Gasteiger partial charge on any atom is 0.357 e. The fourth-order valence-electron chi connectivity index (χ4n) is 1.65. The van der Waals surface area contributed by atoms with Gasteiger partial charge in [0, 0.05) is 6.07 Å². The zero-order valence-electron chi connectivity index (χ0n) is 6.87. The standard InChI is InChI=1S/C8H9NO4/c10-6-4-5(9-13-6)8(7(11)12)2-1-3-8/h4,9H,1-3H2,(H,11,12). The van der Waals surface area contributed by atoms with Crippen molar-refractivity contribution in [3.05, 3.63) is 22.2 Å². The van der Waals surface area contributed by atoms with E-state index < -0.39 is 17.0 Å². The zero-order chi connectivity index (χ0) is 9.47. The molecule has 1 aliphatic carbocycles. The molecule has 1 heterocycles. The summed E-state index contributed by atoms with van der Waals surface area (Å²) < 4.78 is 4.45. The lowest BCUT2D eigenvalue weighted by Crippen LogP contribution is -2.42. The van der Waals surface area contributed by atoms with Crippen LogP contribution in [0.3, 0.4) is 0 Å². The van der Waals surface area contributed by atoms with Gasteiger partial charge in [-0.1, -0.05) is 6.42 Å². The van der Waals surface area contributed by atoms with Crippen LogP contribution in [0, 0.1) is 0 Å². The number of aromatic nitrogens is 1. The summed E-state index contributed by atoms with van der Waals surface area (Å²) in [6.45, 7) is 0. The summed E-state index contributed by atoms with van der Waals surface area (Å²) in [4.78, 5) is 21.7. The highest BCUT2D eigenvalue weighted by Crippen LogP contribution is 2.42. The number of carbonyl (C=O) groups is 1. The molecule has 2 rings (SSSR count). The Balaban J connectivity index is 2.42. The van der Waals surface area contributed by atoms with E-state index in [1.165, 1.54) is 6.07 Å². The summed E-state index contributed by atoms with van der Waals surface area (Å²) in [5.41, 5.74) is -1.04. The molecule has 0 bridgehead atoms. The summed E-state index contributed by atoms with van der Waals surface area (Å²) >= 11 is 0. The molecule has 0 amide bonds. The minimum Gasteiger partial charge on any atom is -0.481 e. The van der Waals surface area contributed by atoms with Crippen LogP contribution in [-0.4, -0.2) is 16.2 Å². The van der Waals surface area contributed by atoms with Gasteiger partial charge >= 0.3 is 11.6 Å². The minimum absolute atomic E-state index is 0.385. The monoisotopic (exact) mass is 183 g/mol. The summed E-state index contributed by atoms with van der Waals surface area (Å²) in [6, 6.07) is 1.22. The maximum atomic E-state index is 10.9. The molecule has 2 N–H and O–H groups in total. The molecule has 0 unspecified atom stereocenters. The first-order valence-electron chi connectivity index (χ1n) is 4.07. The van der Waals surface area contributed by atoms with Gasteiger partial charge in [0.2, 0.25) is 0 Å².